The van der Waals surface area contributed by atoms with Gasteiger partial charge in [0.25, 0.3) is 5.91 Å². The number of thioether (sulfide) groups is 1. The van der Waals surface area contributed by atoms with Crippen molar-refractivity contribution in [2.24, 2.45) is 10.9 Å². The first-order valence-corrected chi connectivity index (χ1v) is 15.4. The molecule has 1 aromatic heterocycles. The number of hydrogen-bond donors (Lipinski definition) is 2. The van der Waals surface area contributed by atoms with E-state index in [1.807, 2.05) is 6.08 Å². The van der Waals surface area contributed by atoms with Gasteiger partial charge in [0.1, 0.15) is 25.0 Å². The van der Waals surface area contributed by atoms with Crippen LogP contribution in [0.4, 0.5) is 0 Å². The lowest BCUT2D eigenvalue weighted by atomic mass is 10.00. The van der Waals surface area contributed by atoms with Gasteiger partial charge in [0.05, 0.1) is 13.0 Å². The lowest BCUT2D eigenvalue weighted by Crippen LogP contribution is -2.53. The third-order valence-corrected chi connectivity index (χ3v) is 7.75. The first-order chi connectivity index (χ1) is 19.6. The van der Waals surface area contributed by atoms with Crippen molar-refractivity contribution < 1.29 is 33.1 Å². The summed E-state index contributed by atoms with van der Waals surface area (Å²) >= 11 is 1.29. The van der Waals surface area contributed by atoms with Crippen LogP contribution in [0, 0.1) is 5.92 Å². The second-order valence-electron chi connectivity index (χ2n) is 10.9. The maximum atomic E-state index is 13.2. The number of cyclic esters (lactones) is 1. The summed E-state index contributed by atoms with van der Waals surface area (Å²) in [5.41, 5.74) is -0.955. The van der Waals surface area contributed by atoms with Gasteiger partial charge in [-0.3, -0.25) is 14.4 Å². The van der Waals surface area contributed by atoms with Gasteiger partial charge in [-0.05, 0) is 31.8 Å². The molecule has 0 saturated heterocycles. The van der Waals surface area contributed by atoms with Crippen LogP contribution >= 0.6 is 11.8 Å². The molecule has 0 saturated carbocycles. The summed E-state index contributed by atoms with van der Waals surface area (Å²) in [7, 11) is 0. The number of nitrogens with one attached hydrogen (secondary N) is 2. The van der Waals surface area contributed by atoms with Crippen molar-refractivity contribution in [1.29, 1.82) is 0 Å². The number of rotatable bonds is 11. The number of ether oxygens (including phenoxy) is 2. The van der Waals surface area contributed by atoms with Crippen LogP contribution in [0.15, 0.2) is 27.8 Å². The zero-order valence-electron chi connectivity index (χ0n) is 24.4. The highest BCUT2D eigenvalue weighted by molar-refractivity contribution is 8.13. The molecule has 0 aromatic carbocycles. The van der Waals surface area contributed by atoms with Crippen molar-refractivity contribution in [3.05, 3.63) is 30.0 Å². The molecule has 1 aromatic rings. The molecule has 0 fully saturated rings. The Kier molecular flexibility index (Phi) is 12.4. The fraction of sp³-hybridized carbons (Fsp3) is 0.655. The third kappa shape index (κ3) is 10.0. The van der Waals surface area contributed by atoms with Gasteiger partial charge >= 0.3 is 5.97 Å². The van der Waals surface area contributed by atoms with Crippen LogP contribution in [-0.2, 0) is 35.2 Å². The number of aliphatic imine (C=N–C) groups is 1. The third-order valence-electron chi connectivity index (χ3n) is 6.78. The molecule has 3 rings (SSSR count). The number of allylic oxidation sites excluding steroid dienone is 1. The van der Waals surface area contributed by atoms with Crippen molar-refractivity contribution in [3.8, 4) is 0 Å². The molecule has 2 aliphatic rings. The molecule has 4 bridgehead atoms. The monoisotopic (exact) mass is 590 g/mol. The van der Waals surface area contributed by atoms with Crippen molar-refractivity contribution >= 4 is 40.6 Å². The van der Waals surface area contributed by atoms with E-state index < -0.39 is 29.6 Å². The fourth-order valence-electron chi connectivity index (χ4n) is 4.26. The standard InChI is InChI=1S/C29H42N4O7S/c1-5-6-7-8-9-13-24(35)41-14-11-10-12-20-15-22(34)30-16-23-31-21(17-38-23)26-33-29(4,18-39-26)28(37)32-25(19(2)3)27(36)40-20/h10,12,17,19-20,25H,5-9,11,13-16,18H2,1-4H3,(H,30,34)(H,32,37)/b12-10+. The van der Waals surface area contributed by atoms with Crippen LogP contribution in [0.1, 0.15) is 90.6 Å². The summed E-state index contributed by atoms with van der Waals surface area (Å²) in [6.07, 6.45) is 10.5. The highest BCUT2D eigenvalue weighted by Crippen LogP contribution is 2.23. The molecule has 2 aliphatic heterocycles. The van der Waals surface area contributed by atoms with Gasteiger partial charge in [-0.15, -0.1) is 0 Å². The van der Waals surface area contributed by atoms with Gasteiger partial charge < -0.3 is 24.5 Å². The summed E-state index contributed by atoms with van der Waals surface area (Å²) in [6.45, 7) is 7.34. The van der Waals surface area contributed by atoms with Crippen LogP contribution in [0.3, 0.4) is 0 Å². The topological polar surface area (TPSA) is 149 Å². The number of amides is 2. The van der Waals surface area contributed by atoms with Gasteiger partial charge in [0.15, 0.2) is 16.3 Å². The summed E-state index contributed by atoms with van der Waals surface area (Å²) in [6, 6.07) is -0.963. The van der Waals surface area contributed by atoms with Gasteiger partial charge in [-0.2, -0.15) is 0 Å². The number of fused-ring (bicyclic) bond motifs is 4. The molecule has 226 valence electrons. The SMILES string of the molecule is CCCCCCCC(=O)SCC/C=C/C1CC(=O)NCc2nc(co2)C2=NC(C)(CO2)C(=O)NC(C(C)C)C(=O)O1. The van der Waals surface area contributed by atoms with E-state index >= 15 is 0 Å². The molecule has 3 heterocycles. The molecule has 12 heteroatoms. The minimum absolute atomic E-state index is 0.0140. The number of esters is 1. The molecule has 2 N–H and O–H groups in total. The first-order valence-electron chi connectivity index (χ1n) is 14.4. The van der Waals surface area contributed by atoms with E-state index in [9.17, 15) is 19.2 Å². The zero-order chi connectivity index (χ0) is 29.8. The predicted octanol–water partition coefficient (Wildman–Crippen LogP) is 3.85. The van der Waals surface area contributed by atoms with Crippen LogP contribution in [0.5, 0.6) is 0 Å². The maximum absolute atomic E-state index is 13.2. The Hall–Kier alpha value is -3.15. The number of hydrogen-bond acceptors (Lipinski definition) is 10. The highest BCUT2D eigenvalue weighted by Gasteiger charge is 2.43. The quantitative estimate of drug-likeness (QED) is 0.223. The Balaban J connectivity index is 1.66. The highest BCUT2D eigenvalue weighted by atomic mass is 32.2. The minimum atomic E-state index is -1.27. The average Bonchev–Trinajstić information content (AvgIpc) is 3.56. The average molecular weight is 591 g/mol. The molecular weight excluding hydrogens is 548 g/mol. The van der Waals surface area contributed by atoms with E-state index in [0.29, 0.717) is 24.3 Å². The smallest absolute Gasteiger partial charge is 0.329 e. The molecule has 0 radical (unpaired) electrons. The number of carbonyl (C=O) groups excluding carboxylic acids is 4. The molecule has 0 aliphatic carbocycles. The molecule has 3 unspecified atom stereocenters. The van der Waals surface area contributed by atoms with E-state index in [2.05, 4.69) is 27.5 Å². The van der Waals surface area contributed by atoms with Crippen molar-refractivity contribution in [3.63, 3.8) is 0 Å². The zero-order valence-corrected chi connectivity index (χ0v) is 25.2. The van der Waals surface area contributed by atoms with E-state index in [1.54, 1.807) is 26.8 Å². The summed E-state index contributed by atoms with van der Waals surface area (Å²) in [5.74, 6) is -0.830. The van der Waals surface area contributed by atoms with Crippen molar-refractivity contribution in [2.75, 3.05) is 12.4 Å². The van der Waals surface area contributed by atoms with E-state index in [-0.39, 0.29) is 48.3 Å². The number of carbonyl (C=O) groups is 4. The lowest BCUT2D eigenvalue weighted by Gasteiger charge is -2.26. The largest absolute Gasteiger partial charge is 0.473 e. The molecule has 3 atom stereocenters. The van der Waals surface area contributed by atoms with Crippen molar-refractivity contribution in [2.45, 2.75) is 103 Å². The van der Waals surface area contributed by atoms with Crippen molar-refractivity contribution in [1.82, 2.24) is 15.6 Å². The summed E-state index contributed by atoms with van der Waals surface area (Å²) < 4.78 is 16.8. The van der Waals surface area contributed by atoms with Crippen LogP contribution in [0.2, 0.25) is 0 Å². The molecular formula is C29H42N4O7S. The van der Waals surface area contributed by atoms with Crippen LogP contribution < -0.4 is 10.6 Å². The maximum Gasteiger partial charge on any atom is 0.329 e. The number of nitrogens with zero attached hydrogens (tertiary/aromatic N) is 2. The summed E-state index contributed by atoms with van der Waals surface area (Å²) in [4.78, 5) is 60.0. The minimum Gasteiger partial charge on any atom is -0.473 e. The Morgan fingerprint density at radius 1 is 1.22 bits per heavy atom. The Bertz CT molecular complexity index is 1130. The second kappa shape index (κ2) is 15.7. The lowest BCUT2D eigenvalue weighted by molar-refractivity contribution is -0.153. The van der Waals surface area contributed by atoms with Gasteiger partial charge in [-0.25, -0.2) is 14.8 Å². The van der Waals surface area contributed by atoms with Gasteiger partial charge in [-0.1, -0.05) is 64.3 Å². The molecule has 2 amide bonds. The number of unbranched alkanes of at least 4 members (excludes halogenated alkanes) is 4. The van der Waals surface area contributed by atoms with E-state index in [4.69, 9.17) is 13.9 Å². The van der Waals surface area contributed by atoms with Crippen LogP contribution in [-0.4, -0.2) is 63.8 Å². The normalized spacial score (nSPS) is 23.6. The van der Waals surface area contributed by atoms with Gasteiger partial charge in [0.2, 0.25) is 17.7 Å². The number of oxazole rings is 1. The Morgan fingerprint density at radius 3 is 2.76 bits per heavy atom. The van der Waals surface area contributed by atoms with Gasteiger partial charge in [0, 0.05) is 12.2 Å². The Labute approximate surface area is 245 Å². The predicted molar refractivity (Wildman–Crippen MR) is 155 cm³/mol. The van der Waals surface area contributed by atoms with Crippen LogP contribution in [0.25, 0.3) is 0 Å². The molecule has 11 nitrogen and oxygen atoms in total. The molecule has 0 spiro atoms. The Morgan fingerprint density at radius 2 is 2.00 bits per heavy atom. The molecule has 41 heavy (non-hydrogen) atoms. The fourth-order valence-corrected chi connectivity index (χ4v) is 5.03. The summed E-state index contributed by atoms with van der Waals surface area (Å²) in [5, 5.41) is 5.65. The van der Waals surface area contributed by atoms with E-state index in [1.165, 1.54) is 30.9 Å². The second-order valence-corrected chi connectivity index (χ2v) is 12.0. The van der Waals surface area contributed by atoms with E-state index in [0.717, 1.165) is 19.3 Å². The number of aromatic nitrogens is 1. The first kappa shape index (κ1) is 32.4.